The Bertz CT molecular complexity index is 1410. The van der Waals surface area contributed by atoms with Crippen molar-refractivity contribution in [3.63, 3.8) is 0 Å². The van der Waals surface area contributed by atoms with E-state index in [0.29, 0.717) is 40.3 Å². The minimum absolute atomic E-state index is 0.187. The first-order chi connectivity index (χ1) is 14.1. The van der Waals surface area contributed by atoms with Gasteiger partial charge in [-0.2, -0.15) is 9.50 Å². The second-order valence-electron chi connectivity index (χ2n) is 6.83. The van der Waals surface area contributed by atoms with Crippen LogP contribution in [0.4, 0.5) is 4.39 Å². The molecule has 5 rings (SSSR count). The Hall–Kier alpha value is -3.87. The number of fused-ring (bicyclic) bond motifs is 2. The first kappa shape index (κ1) is 17.2. The van der Waals surface area contributed by atoms with Crippen LogP contribution in [-0.4, -0.2) is 24.1 Å². The van der Waals surface area contributed by atoms with Crippen LogP contribution in [0, 0.1) is 12.7 Å². The lowest BCUT2D eigenvalue weighted by Gasteiger charge is -2.11. The number of benzene rings is 2. The molecule has 0 amide bonds. The number of rotatable bonds is 3. The number of aromatic nitrogens is 5. The molecule has 0 N–H and O–H groups in total. The number of halogens is 1. The van der Waals surface area contributed by atoms with Crippen molar-refractivity contribution in [1.29, 1.82) is 0 Å². The Morgan fingerprint density at radius 1 is 0.966 bits per heavy atom. The third-order valence-electron chi connectivity index (χ3n) is 4.82. The first-order valence-corrected chi connectivity index (χ1v) is 9.16. The highest BCUT2D eigenvalue weighted by Gasteiger charge is 2.18. The average molecular weight is 385 g/mol. The standard InChI is InChI=1S/C22H16FN5O/c1-14-24-22-25-18-11-12-27(13-15-5-3-2-4-6-15)21(29)19(18)20(28(22)26-14)16-7-9-17(23)10-8-16/h2-12H,13H2,1H3. The fourth-order valence-corrected chi connectivity index (χ4v) is 3.50. The van der Waals surface area contributed by atoms with E-state index in [1.165, 1.54) is 12.1 Å². The number of nitrogens with zero attached hydrogens (tertiary/aromatic N) is 5. The number of aryl methyl sites for hydroxylation is 1. The zero-order valence-electron chi connectivity index (χ0n) is 15.6. The van der Waals surface area contributed by atoms with Gasteiger partial charge in [-0.3, -0.25) is 4.79 Å². The largest absolute Gasteiger partial charge is 0.310 e. The van der Waals surface area contributed by atoms with Crippen molar-refractivity contribution < 1.29 is 4.39 Å². The highest BCUT2D eigenvalue weighted by molar-refractivity contribution is 5.93. The van der Waals surface area contributed by atoms with E-state index in [2.05, 4.69) is 15.1 Å². The molecule has 0 saturated carbocycles. The minimum atomic E-state index is -0.348. The Morgan fingerprint density at radius 2 is 1.72 bits per heavy atom. The summed E-state index contributed by atoms with van der Waals surface area (Å²) in [6.45, 7) is 2.20. The Kier molecular flexibility index (Phi) is 3.94. The van der Waals surface area contributed by atoms with Gasteiger partial charge in [0.05, 0.1) is 23.1 Å². The maximum absolute atomic E-state index is 13.5. The number of hydrogen-bond acceptors (Lipinski definition) is 4. The van der Waals surface area contributed by atoms with E-state index in [1.807, 2.05) is 30.3 Å². The van der Waals surface area contributed by atoms with E-state index >= 15 is 0 Å². The molecule has 0 fully saturated rings. The van der Waals surface area contributed by atoms with E-state index in [9.17, 15) is 9.18 Å². The van der Waals surface area contributed by atoms with Gasteiger partial charge in [-0.1, -0.05) is 30.3 Å². The highest BCUT2D eigenvalue weighted by Crippen LogP contribution is 2.26. The van der Waals surface area contributed by atoms with Gasteiger partial charge in [0.2, 0.25) is 0 Å². The predicted molar refractivity (Wildman–Crippen MR) is 108 cm³/mol. The van der Waals surface area contributed by atoms with Gasteiger partial charge < -0.3 is 4.57 Å². The Labute approximate surface area is 164 Å². The summed E-state index contributed by atoms with van der Waals surface area (Å²) < 4.78 is 16.7. The summed E-state index contributed by atoms with van der Waals surface area (Å²) in [6.07, 6.45) is 1.73. The molecule has 0 unspecified atom stereocenters. The summed E-state index contributed by atoms with van der Waals surface area (Å²) in [5.41, 5.74) is 2.58. The van der Waals surface area contributed by atoms with Crippen LogP contribution in [-0.2, 0) is 6.54 Å². The van der Waals surface area contributed by atoms with Gasteiger partial charge in [0.25, 0.3) is 11.3 Å². The lowest BCUT2D eigenvalue weighted by molar-refractivity contribution is 0.628. The molecule has 142 valence electrons. The quantitative estimate of drug-likeness (QED) is 0.476. The highest BCUT2D eigenvalue weighted by atomic mass is 19.1. The van der Waals surface area contributed by atoms with E-state index in [-0.39, 0.29) is 11.4 Å². The van der Waals surface area contributed by atoms with Crippen LogP contribution in [0.3, 0.4) is 0 Å². The smallest absolute Gasteiger partial charge is 0.262 e. The number of hydrogen-bond donors (Lipinski definition) is 0. The summed E-state index contributed by atoms with van der Waals surface area (Å²) in [4.78, 5) is 22.3. The summed E-state index contributed by atoms with van der Waals surface area (Å²) in [6, 6.07) is 17.6. The monoisotopic (exact) mass is 385 g/mol. The third-order valence-corrected chi connectivity index (χ3v) is 4.82. The second-order valence-corrected chi connectivity index (χ2v) is 6.83. The fourth-order valence-electron chi connectivity index (χ4n) is 3.50. The molecule has 0 aliphatic rings. The van der Waals surface area contributed by atoms with E-state index in [4.69, 9.17) is 0 Å². The second kappa shape index (κ2) is 6.63. The molecule has 7 heteroatoms. The molecule has 0 aliphatic heterocycles. The van der Waals surface area contributed by atoms with Crippen molar-refractivity contribution in [2.75, 3.05) is 0 Å². The van der Waals surface area contributed by atoms with Gasteiger partial charge in [-0.05, 0) is 42.8 Å². The summed E-state index contributed by atoms with van der Waals surface area (Å²) >= 11 is 0. The molecule has 5 aromatic rings. The predicted octanol–water partition coefficient (Wildman–Crippen LogP) is 3.60. The van der Waals surface area contributed by atoms with E-state index in [0.717, 1.165) is 5.56 Å². The Morgan fingerprint density at radius 3 is 2.48 bits per heavy atom. The van der Waals surface area contributed by atoms with Crippen LogP contribution in [0.15, 0.2) is 71.7 Å². The zero-order valence-corrected chi connectivity index (χ0v) is 15.6. The molecule has 29 heavy (non-hydrogen) atoms. The van der Waals surface area contributed by atoms with Crippen molar-refractivity contribution in [3.8, 4) is 11.3 Å². The van der Waals surface area contributed by atoms with Crippen molar-refractivity contribution in [1.82, 2.24) is 24.1 Å². The molecule has 0 atom stereocenters. The minimum Gasteiger partial charge on any atom is -0.310 e. The molecule has 0 radical (unpaired) electrons. The molecule has 3 aromatic heterocycles. The maximum Gasteiger partial charge on any atom is 0.262 e. The molecule has 0 saturated heterocycles. The van der Waals surface area contributed by atoms with Crippen molar-refractivity contribution in [2.45, 2.75) is 13.5 Å². The van der Waals surface area contributed by atoms with Crippen LogP contribution < -0.4 is 5.56 Å². The van der Waals surface area contributed by atoms with E-state index in [1.54, 1.807) is 40.4 Å². The normalized spacial score (nSPS) is 11.4. The van der Waals surface area contributed by atoms with Gasteiger partial charge in [-0.15, -0.1) is 5.10 Å². The van der Waals surface area contributed by atoms with Gasteiger partial charge in [0, 0.05) is 11.8 Å². The van der Waals surface area contributed by atoms with Crippen LogP contribution in [0.25, 0.3) is 27.9 Å². The molecule has 0 bridgehead atoms. The van der Waals surface area contributed by atoms with Gasteiger partial charge >= 0.3 is 0 Å². The van der Waals surface area contributed by atoms with Crippen LogP contribution in [0.1, 0.15) is 11.4 Å². The molecule has 0 spiro atoms. The van der Waals surface area contributed by atoms with Gasteiger partial charge in [0.15, 0.2) is 0 Å². The third kappa shape index (κ3) is 2.97. The number of pyridine rings is 1. The zero-order chi connectivity index (χ0) is 20.0. The summed E-state index contributed by atoms with van der Waals surface area (Å²) in [7, 11) is 0. The molecule has 3 heterocycles. The topological polar surface area (TPSA) is 65.1 Å². The van der Waals surface area contributed by atoms with Crippen molar-refractivity contribution in [2.24, 2.45) is 0 Å². The molecule has 0 aliphatic carbocycles. The lowest BCUT2D eigenvalue weighted by Crippen LogP contribution is -2.22. The van der Waals surface area contributed by atoms with Crippen molar-refractivity contribution in [3.05, 3.63) is 94.4 Å². The van der Waals surface area contributed by atoms with Gasteiger partial charge in [-0.25, -0.2) is 9.37 Å². The van der Waals surface area contributed by atoms with Crippen LogP contribution >= 0.6 is 0 Å². The maximum atomic E-state index is 13.5. The van der Waals surface area contributed by atoms with E-state index < -0.39 is 0 Å². The SMILES string of the molecule is Cc1nc2nc3ccn(Cc4ccccc4)c(=O)c3c(-c3ccc(F)cc3)n2n1. The fraction of sp³-hybridized carbons (Fsp3) is 0.0909. The molecular formula is C22H16FN5O. The lowest BCUT2D eigenvalue weighted by atomic mass is 10.1. The molecule has 2 aromatic carbocycles. The Balaban J connectivity index is 1.83. The molecular weight excluding hydrogens is 369 g/mol. The molecule has 6 nitrogen and oxygen atoms in total. The summed E-state index contributed by atoms with van der Waals surface area (Å²) in [5, 5.41) is 4.84. The average Bonchev–Trinajstić information content (AvgIpc) is 3.10. The van der Waals surface area contributed by atoms with Crippen LogP contribution in [0.5, 0.6) is 0 Å². The first-order valence-electron chi connectivity index (χ1n) is 9.16. The summed E-state index contributed by atoms with van der Waals surface area (Å²) in [5.74, 6) is 0.593. The van der Waals surface area contributed by atoms with Gasteiger partial charge in [0.1, 0.15) is 11.6 Å². The van der Waals surface area contributed by atoms with Crippen LogP contribution in [0.2, 0.25) is 0 Å². The van der Waals surface area contributed by atoms with Crippen molar-refractivity contribution >= 4 is 16.7 Å².